The van der Waals surface area contributed by atoms with Crippen LogP contribution >= 0.6 is 12.2 Å². The molecule has 2 amide bonds. The van der Waals surface area contributed by atoms with E-state index < -0.39 is 0 Å². The van der Waals surface area contributed by atoms with Gasteiger partial charge in [-0.1, -0.05) is 19.1 Å². The van der Waals surface area contributed by atoms with Gasteiger partial charge in [0.05, 0.1) is 17.9 Å². The first-order valence-corrected chi connectivity index (χ1v) is 8.62. The van der Waals surface area contributed by atoms with Crippen molar-refractivity contribution in [3.63, 3.8) is 0 Å². The number of thiocarbonyl (C=S) groups is 1. The number of benzene rings is 2. The Labute approximate surface area is 157 Å². The summed E-state index contributed by atoms with van der Waals surface area (Å²) in [5, 5.41) is 8.15. The SMILES string of the molecule is CCCOc1ccc(C(=O)NC(=S)Nc2ccccc2C(=O)NC)cc1. The van der Waals surface area contributed by atoms with Crippen LogP contribution in [-0.4, -0.2) is 30.6 Å². The van der Waals surface area contributed by atoms with Crippen LogP contribution in [0.15, 0.2) is 48.5 Å². The summed E-state index contributed by atoms with van der Waals surface area (Å²) < 4.78 is 5.49. The third kappa shape index (κ3) is 5.29. The lowest BCUT2D eigenvalue weighted by atomic mass is 10.1. The Morgan fingerprint density at radius 1 is 1.04 bits per heavy atom. The number of para-hydroxylation sites is 1. The second kappa shape index (κ2) is 9.53. The van der Waals surface area contributed by atoms with Crippen molar-refractivity contribution in [2.24, 2.45) is 0 Å². The molecule has 3 N–H and O–H groups in total. The standard InChI is InChI=1S/C19H21N3O3S/c1-3-12-25-14-10-8-13(9-11-14)17(23)22-19(26)21-16-7-5-4-6-15(16)18(24)20-2/h4-11H,3,12H2,1-2H3,(H,20,24)(H2,21,22,23,26). The van der Waals surface area contributed by atoms with E-state index in [1.807, 2.05) is 6.92 Å². The molecule has 2 aromatic rings. The number of carbonyl (C=O) groups is 2. The first kappa shape index (κ1) is 19.4. The third-order valence-electron chi connectivity index (χ3n) is 3.46. The number of carbonyl (C=O) groups excluding carboxylic acids is 2. The van der Waals surface area contributed by atoms with Gasteiger partial charge in [-0.05, 0) is 55.0 Å². The molecule has 7 heteroatoms. The van der Waals surface area contributed by atoms with Crippen molar-refractivity contribution in [1.82, 2.24) is 10.6 Å². The molecule has 0 saturated heterocycles. The van der Waals surface area contributed by atoms with Crippen molar-refractivity contribution in [2.45, 2.75) is 13.3 Å². The number of nitrogens with one attached hydrogen (secondary N) is 3. The third-order valence-corrected chi connectivity index (χ3v) is 3.67. The molecule has 26 heavy (non-hydrogen) atoms. The number of rotatable bonds is 6. The smallest absolute Gasteiger partial charge is 0.257 e. The Kier molecular flexibility index (Phi) is 7.11. The Bertz CT molecular complexity index is 791. The van der Waals surface area contributed by atoms with Gasteiger partial charge < -0.3 is 15.4 Å². The molecule has 0 atom stereocenters. The summed E-state index contributed by atoms with van der Waals surface area (Å²) in [7, 11) is 1.55. The number of amides is 2. The van der Waals surface area contributed by atoms with Crippen LogP contribution in [0.3, 0.4) is 0 Å². The zero-order valence-corrected chi connectivity index (χ0v) is 15.5. The minimum absolute atomic E-state index is 0.109. The average Bonchev–Trinajstić information content (AvgIpc) is 2.66. The number of ether oxygens (including phenoxy) is 1. The van der Waals surface area contributed by atoms with Crippen LogP contribution in [0, 0.1) is 0 Å². The predicted octanol–water partition coefficient (Wildman–Crippen LogP) is 2.96. The van der Waals surface area contributed by atoms with E-state index in [2.05, 4.69) is 16.0 Å². The minimum Gasteiger partial charge on any atom is -0.494 e. The van der Waals surface area contributed by atoms with Crippen molar-refractivity contribution in [2.75, 3.05) is 19.0 Å². The highest BCUT2D eigenvalue weighted by atomic mass is 32.1. The number of hydrogen-bond donors (Lipinski definition) is 3. The minimum atomic E-state index is -0.345. The van der Waals surface area contributed by atoms with Gasteiger partial charge in [-0.2, -0.15) is 0 Å². The van der Waals surface area contributed by atoms with Crippen molar-refractivity contribution in [3.8, 4) is 5.75 Å². The first-order valence-electron chi connectivity index (χ1n) is 8.21. The van der Waals surface area contributed by atoms with Crippen LogP contribution in [0.2, 0.25) is 0 Å². The summed E-state index contributed by atoms with van der Waals surface area (Å²) in [4.78, 5) is 24.2. The van der Waals surface area contributed by atoms with Gasteiger partial charge in [0.1, 0.15) is 5.75 Å². The summed E-state index contributed by atoms with van der Waals surface area (Å²) in [6, 6.07) is 13.7. The molecule has 0 heterocycles. The van der Waals surface area contributed by atoms with Crippen LogP contribution in [0.5, 0.6) is 5.75 Å². The lowest BCUT2D eigenvalue weighted by molar-refractivity contribution is 0.0961. The lowest BCUT2D eigenvalue weighted by Gasteiger charge is -2.13. The normalized spacial score (nSPS) is 9.92. The summed E-state index contributed by atoms with van der Waals surface area (Å²) >= 11 is 5.18. The van der Waals surface area contributed by atoms with E-state index in [0.717, 1.165) is 6.42 Å². The Balaban J connectivity index is 1.99. The largest absolute Gasteiger partial charge is 0.494 e. The zero-order chi connectivity index (χ0) is 18.9. The molecule has 0 saturated carbocycles. The maximum absolute atomic E-state index is 12.3. The second-order valence-corrected chi connectivity index (χ2v) is 5.81. The molecule has 0 fully saturated rings. The highest BCUT2D eigenvalue weighted by Gasteiger charge is 2.12. The highest BCUT2D eigenvalue weighted by molar-refractivity contribution is 7.80. The first-order chi connectivity index (χ1) is 12.5. The van der Waals surface area contributed by atoms with Gasteiger partial charge in [0, 0.05) is 12.6 Å². The fourth-order valence-corrected chi connectivity index (χ4v) is 2.38. The molecule has 0 spiro atoms. The summed E-state index contributed by atoms with van der Waals surface area (Å²) in [6.45, 7) is 2.66. The molecule has 0 aliphatic heterocycles. The van der Waals surface area contributed by atoms with E-state index >= 15 is 0 Å². The Hall–Kier alpha value is -2.93. The average molecular weight is 371 g/mol. The Morgan fingerprint density at radius 3 is 2.38 bits per heavy atom. The zero-order valence-electron chi connectivity index (χ0n) is 14.7. The summed E-state index contributed by atoms with van der Waals surface area (Å²) in [6.07, 6.45) is 0.916. The van der Waals surface area contributed by atoms with Crippen molar-refractivity contribution in [3.05, 3.63) is 59.7 Å². The van der Waals surface area contributed by atoms with Gasteiger partial charge >= 0.3 is 0 Å². The van der Waals surface area contributed by atoms with Crippen LogP contribution in [-0.2, 0) is 0 Å². The number of hydrogen-bond acceptors (Lipinski definition) is 4. The van der Waals surface area contributed by atoms with Gasteiger partial charge in [0.2, 0.25) is 0 Å². The number of anilines is 1. The highest BCUT2D eigenvalue weighted by Crippen LogP contribution is 2.15. The van der Waals surface area contributed by atoms with Gasteiger partial charge in [-0.25, -0.2) is 0 Å². The fraction of sp³-hybridized carbons (Fsp3) is 0.211. The second-order valence-electron chi connectivity index (χ2n) is 5.41. The molecule has 0 aromatic heterocycles. The van der Waals surface area contributed by atoms with Crippen LogP contribution < -0.4 is 20.7 Å². The maximum Gasteiger partial charge on any atom is 0.257 e. The van der Waals surface area contributed by atoms with Gasteiger partial charge in [0.25, 0.3) is 11.8 Å². The monoisotopic (exact) mass is 371 g/mol. The van der Waals surface area contributed by atoms with Crippen LogP contribution in [0.1, 0.15) is 34.1 Å². The van der Waals surface area contributed by atoms with Gasteiger partial charge in [0.15, 0.2) is 5.11 Å². The van der Waals surface area contributed by atoms with Crippen molar-refractivity contribution in [1.29, 1.82) is 0 Å². The molecule has 136 valence electrons. The molecular weight excluding hydrogens is 350 g/mol. The van der Waals surface area contributed by atoms with Crippen molar-refractivity contribution < 1.29 is 14.3 Å². The van der Waals surface area contributed by atoms with Gasteiger partial charge in [-0.3, -0.25) is 14.9 Å². The molecule has 6 nitrogen and oxygen atoms in total. The Morgan fingerprint density at radius 2 is 1.73 bits per heavy atom. The molecule has 2 aromatic carbocycles. The molecule has 0 unspecified atom stereocenters. The predicted molar refractivity (Wildman–Crippen MR) is 106 cm³/mol. The van der Waals surface area contributed by atoms with E-state index in [0.29, 0.717) is 29.2 Å². The van der Waals surface area contributed by atoms with E-state index in [9.17, 15) is 9.59 Å². The van der Waals surface area contributed by atoms with Gasteiger partial charge in [-0.15, -0.1) is 0 Å². The van der Waals surface area contributed by atoms with E-state index in [-0.39, 0.29) is 16.9 Å². The molecule has 0 radical (unpaired) electrons. The van der Waals surface area contributed by atoms with Crippen LogP contribution in [0.4, 0.5) is 5.69 Å². The molecule has 0 aliphatic carbocycles. The maximum atomic E-state index is 12.3. The molecular formula is C19H21N3O3S. The molecule has 0 aliphatic rings. The lowest BCUT2D eigenvalue weighted by Crippen LogP contribution is -2.34. The summed E-state index contributed by atoms with van der Waals surface area (Å²) in [5.74, 6) is 0.121. The van der Waals surface area contributed by atoms with E-state index in [1.165, 1.54) is 0 Å². The quantitative estimate of drug-likeness (QED) is 0.681. The van der Waals surface area contributed by atoms with E-state index in [4.69, 9.17) is 17.0 Å². The van der Waals surface area contributed by atoms with Crippen molar-refractivity contribution >= 4 is 34.8 Å². The molecule has 2 rings (SSSR count). The van der Waals surface area contributed by atoms with E-state index in [1.54, 1.807) is 55.6 Å². The van der Waals surface area contributed by atoms with Crippen LogP contribution in [0.25, 0.3) is 0 Å². The summed E-state index contributed by atoms with van der Waals surface area (Å²) in [5.41, 5.74) is 1.40. The fourth-order valence-electron chi connectivity index (χ4n) is 2.18. The topological polar surface area (TPSA) is 79.5 Å². The molecule has 0 bridgehead atoms.